The highest BCUT2D eigenvalue weighted by Gasteiger charge is 2.00. The second-order valence-electron chi connectivity index (χ2n) is 4.72. The topological polar surface area (TPSA) is 66.6 Å². The van der Waals surface area contributed by atoms with Crippen LogP contribution in [0.5, 0.6) is 0 Å². The molecule has 2 aromatic carbocycles. The number of rotatable bonds is 5. The number of hydrogen-bond donors (Lipinski definition) is 2. The summed E-state index contributed by atoms with van der Waals surface area (Å²) in [5, 5.41) is 9.18. The fourth-order valence-corrected chi connectivity index (χ4v) is 2.05. The van der Waals surface area contributed by atoms with Gasteiger partial charge in [-0.25, -0.2) is 5.43 Å². The van der Waals surface area contributed by atoms with Crippen molar-refractivity contribution in [3.8, 4) is 0 Å². The molecule has 1 aromatic heterocycles. The van der Waals surface area contributed by atoms with E-state index in [1.54, 1.807) is 18.4 Å². The van der Waals surface area contributed by atoms with Gasteiger partial charge >= 0.3 is 0 Å². The van der Waals surface area contributed by atoms with Crippen molar-refractivity contribution in [1.82, 2.24) is 5.43 Å². The fraction of sp³-hybridized carbons (Fsp3) is 0.0588. The van der Waals surface area contributed by atoms with Crippen LogP contribution in [0.1, 0.15) is 5.76 Å². The molecule has 5 nitrogen and oxygen atoms in total. The summed E-state index contributed by atoms with van der Waals surface area (Å²) in [5.41, 5.74) is 3.33. The lowest BCUT2D eigenvalue weighted by atomic mass is 10.1. The van der Waals surface area contributed by atoms with Crippen molar-refractivity contribution in [3.05, 3.63) is 66.6 Å². The molecule has 1 heterocycles. The first-order chi connectivity index (χ1) is 10.8. The van der Waals surface area contributed by atoms with E-state index in [-0.39, 0.29) is 12.5 Å². The monoisotopic (exact) mass is 293 g/mol. The Morgan fingerprint density at radius 2 is 1.95 bits per heavy atom. The molecule has 110 valence electrons. The number of nitrogens with zero attached hydrogens (tertiary/aromatic N) is 1. The average Bonchev–Trinajstić information content (AvgIpc) is 3.06. The van der Waals surface area contributed by atoms with E-state index in [2.05, 4.69) is 21.9 Å². The first-order valence-corrected chi connectivity index (χ1v) is 6.89. The predicted octanol–water partition coefficient (Wildman–Crippen LogP) is 3.00. The second-order valence-corrected chi connectivity index (χ2v) is 4.72. The Hall–Kier alpha value is -3.08. The summed E-state index contributed by atoms with van der Waals surface area (Å²) in [5.74, 6) is 0.360. The molecule has 0 fully saturated rings. The van der Waals surface area contributed by atoms with Crippen molar-refractivity contribution < 1.29 is 9.21 Å². The third-order valence-electron chi connectivity index (χ3n) is 3.13. The number of anilines is 1. The minimum Gasteiger partial charge on any atom is -0.463 e. The molecule has 0 spiro atoms. The summed E-state index contributed by atoms with van der Waals surface area (Å²) in [7, 11) is 0. The summed E-state index contributed by atoms with van der Waals surface area (Å²) in [4.78, 5) is 11.7. The lowest BCUT2D eigenvalue weighted by Crippen LogP contribution is -2.25. The maximum absolute atomic E-state index is 11.7. The summed E-state index contributed by atoms with van der Waals surface area (Å²) in [6, 6.07) is 17.6. The maximum atomic E-state index is 11.7. The van der Waals surface area contributed by atoms with Crippen LogP contribution in [0.15, 0.2) is 70.4 Å². The van der Waals surface area contributed by atoms with Crippen molar-refractivity contribution in [2.45, 2.75) is 0 Å². The number of hydrazone groups is 1. The molecule has 0 aliphatic carbocycles. The number of amides is 1. The fourth-order valence-electron chi connectivity index (χ4n) is 2.05. The Balaban J connectivity index is 1.53. The number of furan rings is 1. The van der Waals surface area contributed by atoms with E-state index in [1.165, 1.54) is 11.6 Å². The molecule has 3 rings (SSSR count). The van der Waals surface area contributed by atoms with Crippen LogP contribution >= 0.6 is 0 Å². The SMILES string of the molecule is O=C(CNc1ccc2ccccc2c1)NN=Cc1ccco1. The first-order valence-electron chi connectivity index (χ1n) is 6.89. The third-order valence-corrected chi connectivity index (χ3v) is 3.13. The average molecular weight is 293 g/mol. The minimum atomic E-state index is -0.226. The van der Waals surface area contributed by atoms with Gasteiger partial charge in [-0.1, -0.05) is 30.3 Å². The number of carbonyl (C=O) groups is 1. The molecule has 0 unspecified atom stereocenters. The Morgan fingerprint density at radius 1 is 1.09 bits per heavy atom. The molecule has 0 bridgehead atoms. The molecule has 0 aliphatic rings. The Labute approximate surface area is 127 Å². The van der Waals surface area contributed by atoms with Gasteiger partial charge in [0.1, 0.15) is 5.76 Å². The Bertz CT molecular complexity index is 795. The van der Waals surface area contributed by atoms with Gasteiger partial charge in [-0.15, -0.1) is 0 Å². The van der Waals surface area contributed by atoms with Crippen LogP contribution in [0.4, 0.5) is 5.69 Å². The van der Waals surface area contributed by atoms with Crippen molar-refractivity contribution in [2.24, 2.45) is 5.10 Å². The number of fused-ring (bicyclic) bond motifs is 1. The Kier molecular flexibility index (Phi) is 4.15. The first kappa shape index (κ1) is 13.9. The number of hydrogen-bond acceptors (Lipinski definition) is 4. The predicted molar refractivity (Wildman–Crippen MR) is 86.9 cm³/mol. The highest BCUT2D eigenvalue weighted by molar-refractivity contribution is 5.87. The van der Waals surface area contributed by atoms with E-state index in [9.17, 15) is 4.79 Å². The standard InChI is InChI=1S/C17H15N3O2/c21-17(20-19-11-16-6-3-9-22-16)12-18-15-8-7-13-4-1-2-5-14(13)10-15/h1-11,18H,12H2,(H,20,21). The van der Waals surface area contributed by atoms with Gasteiger partial charge in [0.2, 0.25) is 0 Å². The third kappa shape index (κ3) is 3.52. The van der Waals surface area contributed by atoms with Gasteiger partial charge in [0.05, 0.1) is 19.0 Å². The largest absolute Gasteiger partial charge is 0.463 e. The van der Waals surface area contributed by atoms with E-state index in [1.807, 2.05) is 36.4 Å². The minimum absolute atomic E-state index is 0.147. The van der Waals surface area contributed by atoms with Crippen LogP contribution in [0.3, 0.4) is 0 Å². The lowest BCUT2D eigenvalue weighted by molar-refractivity contribution is -0.119. The summed E-state index contributed by atoms with van der Waals surface area (Å²) in [6.45, 7) is 0.147. The zero-order chi connectivity index (χ0) is 15.2. The van der Waals surface area contributed by atoms with Crippen molar-refractivity contribution in [1.29, 1.82) is 0 Å². The number of nitrogens with one attached hydrogen (secondary N) is 2. The smallest absolute Gasteiger partial charge is 0.259 e. The van der Waals surface area contributed by atoms with E-state index < -0.39 is 0 Å². The molecule has 0 saturated heterocycles. The maximum Gasteiger partial charge on any atom is 0.259 e. The molecule has 0 atom stereocenters. The van der Waals surface area contributed by atoms with E-state index in [4.69, 9.17) is 4.42 Å². The number of benzene rings is 2. The molecular weight excluding hydrogens is 278 g/mol. The van der Waals surface area contributed by atoms with Crippen LogP contribution < -0.4 is 10.7 Å². The zero-order valence-corrected chi connectivity index (χ0v) is 11.8. The molecule has 0 saturated carbocycles. The van der Waals surface area contributed by atoms with Gasteiger partial charge in [-0.3, -0.25) is 4.79 Å². The van der Waals surface area contributed by atoms with E-state index >= 15 is 0 Å². The molecule has 0 radical (unpaired) electrons. The molecule has 1 amide bonds. The van der Waals surface area contributed by atoms with Crippen LogP contribution in [0.25, 0.3) is 10.8 Å². The van der Waals surface area contributed by atoms with Crippen molar-refractivity contribution in [3.63, 3.8) is 0 Å². The van der Waals surface area contributed by atoms with Crippen molar-refractivity contribution in [2.75, 3.05) is 11.9 Å². The molecule has 2 N–H and O–H groups in total. The molecular formula is C17H15N3O2. The molecule has 5 heteroatoms. The van der Waals surface area contributed by atoms with Crippen molar-refractivity contribution >= 4 is 28.6 Å². The Morgan fingerprint density at radius 3 is 2.77 bits per heavy atom. The summed E-state index contributed by atoms with van der Waals surface area (Å²) in [6.07, 6.45) is 3.00. The molecule has 0 aliphatic heterocycles. The van der Waals surface area contributed by atoms with Crippen LogP contribution in [-0.2, 0) is 4.79 Å². The van der Waals surface area contributed by atoms with Gasteiger partial charge in [0.25, 0.3) is 5.91 Å². The summed E-state index contributed by atoms with van der Waals surface area (Å²) >= 11 is 0. The number of carbonyl (C=O) groups excluding carboxylic acids is 1. The van der Waals surface area contributed by atoms with Crippen LogP contribution in [0.2, 0.25) is 0 Å². The van der Waals surface area contributed by atoms with Gasteiger partial charge in [-0.2, -0.15) is 5.10 Å². The summed E-state index contributed by atoms with van der Waals surface area (Å²) < 4.78 is 5.07. The van der Waals surface area contributed by atoms with E-state index in [0.717, 1.165) is 11.1 Å². The highest BCUT2D eigenvalue weighted by atomic mass is 16.3. The van der Waals surface area contributed by atoms with Gasteiger partial charge in [0, 0.05) is 5.69 Å². The second kappa shape index (κ2) is 6.58. The molecule has 3 aromatic rings. The normalized spacial score (nSPS) is 10.9. The quantitative estimate of drug-likeness (QED) is 0.561. The lowest BCUT2D eigenvalue weighted by Gasteiger charge is -2.06. The van der Waals surface area contributed by atoms with E-state index in [0.29, 0.717) is 5.76 Å². The van der Waals surface area contributed by atoms with Gasteiger partial charge in [-0.05, 0) is 35.0 Å². The zero-order valence-electron chi connectivity index (χ0n) is 11.8. The van der Waals surface area contributed by atoms with Crippen LogP contribution in [0, 0.1) is 0 Å². The van der Waals surface area contributed by atoms with Gasteiger partial charge < -0.3 is 9.73 Å². The van der Waals surface area contributed by atoms with Crippen LogP contribution in [-0.4, -0.2) is 18.7 Å². The highest BCUT2D eigenvalue weighted by Crippen LogP contribution is 2.18. The molecule has 22 heavy (non-hydrogen) atoms. The van der Waals surface area contributed by atoms with Gasteiger partial charge in [0.15, 0.2) is 0 Å².